The monoisotopic (exact) mass is 279 g/mol. The maximum absolute atomic E-state index is 11.7. The highest BCUT2D eigenvalue weighted by molar-refractivity contribution is 5.95. The number of carboxylic acid groups (broad SMARTS) is 1. The number of primary amides is 1. The Morgan fingerprint density at radius 2 is 1.95 bits per heavy atom. The molecular formula is C13H17N3O4. The van der Waals surface area contributed by atoms with Gasteiger partial charge in [-0.1, -0.05) is 12.1 Å². The van der Waals surface area contributed by atoms with Gasteiger partial charge in [0.2, 0.25) is 5.91 Å². The maximum Gasteiger partial charge on any atom is 0.320 e. The van der Waals surface area contributed by atoms with Crippen molar-refractivity contribution in [2.24, 2.45) is 5.73 Å². The molecule has 0 aliphatic rings. The summed E-state index contributed by atoms with van der Waals surface area (Å²) in [6, 6.07) is 5.84. The van der Waals surface area contributed by atoms with Crippen LogP contribution in [0, 0.1) is 0 Å². The molecule has 108 valence electrons. The Bertz CT molecular complexity index is 540. The molecule has 3 amide bonds. The molecule has 0 bridgehead atoms. The largest absolute Gasteiger partial charge is 0.481 e. The molecule has 1 aromatic rings. The molecule has 1 aromatic carbocycles. The van der Waals surface area contributed by atoms with Crippen LogP contribution < -0.4 is 16.4 Å². The van der Waals surface area contributed by atoms with Gasteiger partial charge < -0.3 is 21.5 Å². The number of nitrogens with two attached hydrogens (primary N) is 1. The molecular weight excluding hydrogens is 262 g/mol. The van der Waals surface area contributed by atoms with Gasteiger partial charge in [-0.25, -0.2) is 4.79 Å². The lowest BCUT2D eigenvalue weighted by Gasteiger charge is -2.22. The predicted octanol–water partition coefficient (Wildman–Crippen LogP) is 0.699. The van der Waals surface area contributed by atoms with E-state index in [4.69, 9.17) is 10.8 Å². The molecule has 0 heterocycles. The number of hydrogen-bond donors (Lipinski definition) is 4. The minimum absolute atomic E-state index is 0.135. The number of hydrogen-bond acceptors (Lipinski definition) is 3. The number of anilines is 1. The van der Waals surface area contributed by atoms with E-state index in [1.54, 1.807) is 24.3 Å². The molecule has 7 nitrogen and oxygen atoms in total. The van der Waals surface area contributed by atoms with E-state index >= 15 is 0 Å². The van der Waals surface area contributed by atoms with Gasteiger partial charge in [-0.05, 0) is 31.5 Å². The van der Waals surface area contributed by atoms with Crippen LogP contribution in [-0.2, 0) is 16.0 Å². The van der Waals surface area contributed by atoms with Crippen LogP contribution >= 0.6 is 0 Å². The molecule has 20 heavy (non-hydrogen) atoms. The minimum atomic E-state index is -1.18. The number of urea groups is 1. The van der Waals surface area contributed by atoms with E-state index in [2.05, 4.69) is 10.6 Å². The lowest BCUT2D eigenvalue weighted by molar-refractivity contribution is -0.136. The second-order valence-corrected chi connectivity index (χ2v) is 4.84. The summed E-state index contributed by atoms with van der Waals surface area (Å²) >= 11 is 0. The number of benzene rings is 1. The zero-order chi connectivity index (χ0) is 15.3. The normalized spacial score (nSPS) is 10.7. The van der Waals surface area contributed by atoms with Crippen molar-refractivity contribution in [3.8, 4) is 0 Å². The Balaban J connectivity index is 2.71. The summed E-state index contributed by atoms with van der Waals surface area (Å²) in [5.74, 6) is -1.62. The van der Waals surface area contributed by atoms with Crippen molar-refractivity contribution in [1.82, 2.24) is 5.32 Å². The number of nitrogens with one attached hydrogen (secondary N) is 2. The average molecular weight is 279 g/mol. The summed E-state index contributed by atoms with van der Waals surface area (Å²) in [6.07, 6.45) is -0.135. The molecule has 7 heteroatoms. The van der Waals surface area contributed by atoms with Crippen molar-refractivity contribution in [3.63, 3.8) is 0 Å². The minimum Gasteiger partial charge on any atom is -0.481 e. The van der Waals surface area contributed by atoms with Gasteiger partial charge in [-0.3, -0.25) is 9.59 Å². The highest BCUT2D eigenvalue weighted by atomic mass is 16.4. The Kier molecular flexibility index (Phi) is 4.68. The van der Waals surface area contributed by atoms with Gasteiger partial charge in [0.1, 0.15) is 5.54 Å². The molecule has 1 rings (SSSR count). The molecule has 0 aliphatic carbocycles. The first-order chi connectivity index (χ1) is 9.20. The summed E-state index contributed by atoms with van der Waals surface area (Å²) in [5, 5.41) is 13.6. The van der Waals surface area contributed by atoms with E-state index in [1.165, 1.54) is 13.8 Å². The van der Waals surface area contributed by atoms with Gasteiger partial charge >= 0.3 is 12.0 Å². The fourth-order valence-corrected chi connectivity index (χ4v) is 1.44. The smallest absolute Gasteiger partial charge is 0.320 e. The first-order valence-corrected chi connectivity index (χ1v) is 5.90. The highest BCUT2D eigenvalue weighted by Gasteiger charge is 2.26. The zero-order valence-corrected chi connectivity index (χ0v) is 11.3. The molecule has 0 aliphatic heterocycles. The van der Waals surface area contributed by atoms with E-state index in [0.717, 1.165) is 0 Å². The van der Waals surface area contributed by atoms with Gasteiger partial charge in [0.25, 0.3) is 0 Å². The van der Waals surface area contributed by atoms with Crippen molar-refractivity contribution < 1.29 is 19.5 Å². The number of aliphatic carboxylic acids is 1. The molecule has 0 radical (unpaired) electrons. The van der Waals surface area contributed by atoms with Gasteiger partial charge in [-0.15, -0.1) is 0 Å². The van der Waals surface area contributed by atoms with Crippen LogP contribution in [0.5, 0.6) is 0 Å². The quantitative estimate of drug-likeness (QED) is 0.633. The summed E-state index contributed by atoms with van der Waals surface area (Å²) in [4.78, 5) is 33.4. The molecule has 0 aromatic heterocycles. The summed E-state index contributed by atoms with van der Waals surface area (Å²) in [7, 11) is 0. The Morgan fingerprint density at radius 1 is 1.30 bits per heavy atom. The van der Waals surface area contributed by atoms with Crippen LogP contribution in [0.4, 0.5) is 10.5 Å². The number of rotatable bonds is 5. The Morgan fingerprint density at radius 3 is 2.50 bits per heavy atom. The SMILES string of the molecule is CC(C)(NC(=O)Nc1cccc(CC(=O)O)c1)C(N)=O. The molecule has 0 atom stereocenters. The summed E-state index contributed by atoms with van der Waals surface area (Å²) in [6.45, 7) is 2.96. The summed E-state index contributed by atoms with van der Waals surface area (Å²) < 4.78 is 0. The van der Waals surface area contributed by atoms with E-state index in [9.17, 15) is 14.4 Å². The molecule has 0 unspecified atom stereocenters. The second-order valence-electron chi connectivity index (χ2n) is 4.84. The fourth-order valence-electron chi connectivity index (χ4n) is 1.44. The van der Waals surface area contributed by atoms with Crippen molar-refractivity contribution in [2.75, 3.05) is 5.32 Å². The van der Waals surface area contributed by atoms with E-state index < -0.39 is 23.4 Å². The third kappa shape index (κ3) is 4.60. The van der Waals surface area contributed by atoms with Crippen LogP contribution in [0.25, 0.3) is 0 Å². The number of carbonyl (C=O) groups excluding carboxylic acids is 2. The number of carbonyl (C=O) groups is 3. The lowest BCUT2D eigenvalue weighted by Crippen LogP contribution is -2.54. The summed E-state index contributed by atoms with van der Waals surface area (Å²) in [5.41, 5.74) is 4.96. The second kappa shape index (κ2) is 6.05. The van der Waals surface area contributed by atoms with E-state index in [-0.39, 0.29) is 6.42 Å². The molecule has 0 fully saturated rings. The topological polar surface area (TPSA) is 122 Å². The van der Waals surface area contributed by atoms with Gasteiger partial charge in [0.15, 0.2) is 0 Å². The van der Waals surface area contributed by atoms with Crippen molar-refractivity contribution in [3.05, 3.63) is 29.8 Å². The van der Waals surface area contributed by atoms with Crippen LogP contribution in [0.3, 0.4) is 0 Å². The van der Waals surface area contributed by atoms with Crippen molar-refractivity contribution >= 4 is 23.6 Å². The van der Waals surface area contributed by atoms with E-state index in [0.29, 0.717) is 11.3 Å². The van der Waals surface area contributed by atoms with Crippen molar-refractivity contribution in [1.29, 1.82) is 0 Å². The van der Waals surface area contributed by atoms with Gasteiger partial charge in [0.05, 0.1) is 6.42 Å². The predicted molar refractivity (Wildman–Crippen MR) is 73.2 cm³/mol. The first-order valence-electron chi connectivity index (χ1n) is 5.90. The molecule has 0 saturated carbocycles. The lowest BCUT2D eigenvalue weighted by atomic mass is 10.1. The standard InChI is InChI=1S/C13H17N3O4/c1-13(2,11(14)19)16-12(20)15-9-5-3-4-8(6-9)7-10(17)18/h3-6H,7H2,1-2H3,(H2,14,19)(H,17,18)(H2,15,16,20). The molecule has 0 saturated heterocycles. The zero-order valence-electron chi connectivity index (χ0n) is 11.3. The third-order valence-corrected chi connectivity index (χ3v) is 2.58. The number of amides is 3. The Hall–Kier alpha value is -2.57. The molecule has 5 N–H and O–H groups in total. The Labute approximate surface area is 116 Å². The van der Waals surface area contributed by atoms with Crippen LogP contribution in [0.2, 0.25) is 0 Å². The maximum atomic E-state index is 11.7. The van der Waals surface area contributed by atoms with Crippen molar-refractivity contribution in [2.45, 2.75) is 25.8 Å². The van der Waals surface area contributed by atoms with Crippen LogP contribution in [0.1, 0.15) is 19.4 Å². The van der Waals surface area contributed by atoms with Gasteiger partial charge in [-0.2, -0.15) is 0 Å². The number of carboxylic acids is 1. The fraction of sp³-hybridized carbons (Fsp3) is 0.308. The third-order valence-electron chi connectivity index (χ3n) is 2.58. The molecule has 0 spiro atoms. The first kappa shape index (κ1) is 15.5. The average Bonchev–Trinajstić information content (AvgIpc) is 2.26. The highest BCUT2D eigenvalue weighted by Crippen LogP contribution is 2.11. The van der Waals surface area contributed by atoms with E-state index in [1.807, 2.05) is 0 Å². The van der Waals surface area contributed by atoms with Crippen LogP contribution in [0.15, 0.2) is 24.3 Å². The van der Waals surface area contributed by atoms with Crippen LogP contribution in [-0.4, -0.2) is 28.6 Å². The van der Waals surface area contributed by atoms with Gasteiger partial charge in [0, 0.05) is 5.69 Å².